The van der Waals surface area contributed by atoms with Gasteiger partial charge in [0.1, 0.15) is 0 Å². The molecule has 1 amide bonds. The van der Waals surface area contributed by atoms with Crippen molar-refractivity contribution in [2.24, 2.45) is 0 Å². The second-order valence-corrected chi connectivity index (χ2v) is 4.56. The average molecular weight is 236 g/mol. The van der Waals surface area contributed by atoms with Crippen LogP contribution >= 0.6 is 27.3 Å². The Morgan fingerprint density at radius 2 is 2.45 bits per heavy atom. The Hall–Kier alpha value is -0.390. The van der Waals surface area contributed by atoms with Crippen LogP contribution in [0.4, 0.5) is 0 Å². The number of carbonyl (C=O) groups excluding carboxylic acids is 1. The Kier molecular flexibility index (Phi) is 2.64. The Bertz CT molecular complexity index is 284. The molecule has 0 aliphatic heterocycles. The molecule has 0 unspecified atom stereocenters. The van der Waals surface area contributed by atoms with Crippen molar-refractivity contribution in [3.05, 3.63) is 20.3 Å². The maximum absolute atomic E-state index is 10.9. The minimum absolute atomic E-state index is 0.468. The third-order valence-electron chi connectivity index (χ3n) is 1.16. The molecule has 0 aliphatic carbocycles. The van der Waals surface area contributed by atoms with E-state index in [1.165, 1.54) is 11.3 Å². The molecule has 11 heavy (non-hydrogen) atoms. The molecule has 0 atom stereocenters. The Balaban J connectivity index is 3.03. The SMILES string of the molecule is Cc1cc(C(=O)NO)c(Br)s1. The molecule has 1 aromatic rings. The second-order valence-electron chi connectivity index (χ2n) is 1.99. The van der Waals surface area contributed by atoms with Crippen LogP contribution in [0.15, 0.2) is 9.85 Å². The van der Waals surface area contributed by atoms with E-state index in [0.29, 0.717) is 5.56 Å². The first-order valence-corrected chi connectivity index (χ1v) is 4.46. The molecule has 1 rings (SSSR count). The lowest BCUT2D eigenvalue weighted by Gasteiger charge is -1.92. The summed E-state index contributed by atoms with van der Waals surface area (Å²) in [5.74, 6) is -0.485. The van der Waals surface area contributed by atoms with Crippen LogP contribution in [0, 0.1) is 6.92 Å². The van der Waals surface area contributed by atoms with Gasteiger partial charge in [0.05, 0.1) is 9.35 Å². The molecular formula is C6H6BrNO2S. The van der Waals surface area contributed by atoms with Crippen molar-refractivity contribution in [1.82, 2.24) is 5.48 Å². The van der Waals surface area contributed by atoms with E-state index >= 15 is 0 Å². The smallest absolute Gasteiger partial charge is 0.276 e. The van der Waals surface area contributed by atoms with E-state index in [4.69, 9.17) is 5.21 Å². The van der Waals surface area contributed by atoms with Gasteiger partial charge in [-0.25, -0.2) is 5.48 Å². The predicted molar refractivity (Wildman–Crippen MR) is 46.0 cm³/mol. The van der Waals surface area contributed by atoms with Gasteiger partial charge in [-0.3, -0.25) is 10.0 Å². The van der Waals surface area contributed by atoms with Crippen LogP contribution in [-0.2, 0) is 0 Å². The molecule has 0 aliphatic rings. The highest BCUT2D eigenvalue weighted by Gasteiger charge is 2.11. The van der Waals surface area contributed by atoms with E-state index in [9.17, 15) is 4.79 Å². The standard InChI is InChI=1S/C6H6BrNO2S/c1-3-2-4(5(7)11-3)6(9)8-10/h2,10H,1H3,(H,8,9). The Morgan fingerprint density at radius 3 is 2.82 bits per heavy atom. The topological polar surface area (TPSA) is 49.3 Å². The van der Waals surface area contributed by atoms with Crippen molar-refractivity contribution in [3.63, 3.8) is 0 Å². The normalized spacial score (nSPS) is 9.73. The third-order valence-corrected chi connectivity index (χ3v) is 2.91. The molecule has 0 bridgehead atoms. The van der Waals surface area contributed by atoms with Crippen molar-refractivity contribution in [2.45, 2.75) is 6.92 Å². The van der Waals surface area contributed by atoms with E-state index in [-0.39, 0.29) is 0 Å². The molecule has 0 fully saturated rings. The van der Waals surface area contributed by atoms with Crippen LogP contribution in [0.2, 0.25) is 0 Å². The summed E-state index contributed by atoms with van der Waals surface area (Å²) in [5.41, 5.74) is 2.04. The highest BCUT2D eigenvalue weighted by molar-refractivity contribution is 9.11. The summed E-state index contributed by atoms with van der Waals surface area (Å²) in [6.45, 7) is 1.89. The molecule has 0 radical (unpaired) electrons. The summed E-state index contributed by atoms with van der Waals surface area (Å²) < 4.78 is 0.738. The van der Waals surface area contributed by atoms with Gasteiger partial charge in [0, 0.05) is 4.88 Å². The molecular weight excluding hydrogens is 230 g/mol. The molecule has 60 valence electrons. The molecule has 1 heterocycles. The van der Waals surface area contributed by atoms with Crippen LogP contribution < -0.4 is 5.48 Å². The van der Waals surface area contributed by atoms with Crippen LogP contribution in [-0.4, -0.2) is 11.1 Å². The Morgan fingerprint density at radius 1 is 1.82 bits per heavy atom. The zero-order chi connectivity index (χ0) is 8.43. The first-order valence-electron chi connectivity index (χ1n) is 2.85. The van der Waals surface area contributed by atoms with Gasteiger partial charge in [0.15, 0.2) is 0 Å². The maximum Gasteiger partial charge on any atom is 0.276 e. The molecule has 0 aromatic carbocycles. The van der Waals surface area contributed by atoms with Crippen molar-refractivity contribution in [3.8, 4) is 0 Å². The van der Waals surface area contributed by atoms with Crippen LogP contribution in [0.3, 0.4) is 0 Å². The minimum atomic E-state index is -0.485. The Labute approximate surface area is 76.1 Å². The molecule has 3 nitrogen and oxygen atoms in total. The quantitative estimate of drug-likeness (QED) is 0.578. The van der Waals surface area contributed by atoms with Crippen molar-refractivity contribution >= 4 is 33.2 Å². The molecule has 0 spiro atoms. The molecule has 0 saturated carbocycles. The summed E-state index contributed by atoms with van der Waals surface area (Å²) in [7, 11) is 0. The van der Waals surface area contributed by atoms with E-state index in [1.807, 2.05) is 6.92 Å². The minimum Gasteiger partial charge on any atom is -0.288 e. The number of thiophene rings is 1. The number of amides is 1. The zero-order valence-corrected chi connectivity index (χ0v) is 8.12. The molecule has 0 saturated heterocycles. The molecule has 2 N–H and O–H groups in total. The second kappa shape index (κ2) is 3.34. The predicted octanol–water partition coefficient (Wildman–Crippen LogP) is 1.94. The van der Waals surface area contributed by atoms with E-state index < -0.39 is 5.91 Å². The highest BCUT2D eigenvalue weighted by Crippen LogP contribution is 2.27. The number of hydroxylamine groups is 1. The fourth-order valence-corrected chi connectivity index (χ4v) is 2.48. The lowest BCUT2D eigenvalue weighted by Crippen LogP contribution is -2.18. The first kappa shape index (κ1) is 8.70. The molecule has 1 aromatic heterocycles. The highest BCUT2D eigenvalue weighted by atomic mass is 79.9. The molecule has 5 heteroatoms. The lowest BCUT2D eigenvalue weighted by atomic mass is 10.3. The number of carbonyl (C=O) groups is 1. The van der Waals surface area contributed by atoms with Gasteiger partial charge < -0.3 is 0 Å². The lowest BCUT2D eigenvalue weighted by molar-refractivity contribution is 0.0706. The van der Waals surface area contributed by atoms with Crippen LogP contribution in [0.5, 0.6) is 0 Å². The van der Waals surface area contributed by atoms with Gasteiger partial charge in [-0.2, -0.15) is 0 Å². The largest absolute Gasteiger partial charge is 0.288 e. The van der Waals surface area contributed by atoms with Crippen molar-refractivity contribution < 1.29 is 10.0 Å². The van der Waals surface area contributed by atoms with Crippen molar-refractivity contribution in [2.75, 3.05) is 0 Å². The summed E-state index contributed by atoms with van der Waals surface area (Å²) in [4.78, 5) is 11.9. The van der Waals surface area contributed by atoms with E-state index in [1.54, 1.807) is 11.5 Å². The summed E-state index contributed by atoms with van der Waals surface area (Å²) in [6.07, 6.45) is 0. The van der Waals surface area contributed by atoms with Crippen LogP contribution in [0.25, 0.3) is 0 Å². The zero-order valence-electron chi connectivity index (χ0n) is 5.72. The number of hydrogen-bond donors (Lipinski definition) is 2. The van der Waals surface area contributed by atoms with E-state index in [0.717, 1.165) is 8.66 Å². The number of hydrogen-bond acceptors (Lipinski definition) is 3. The van der Waals surface area contributed by atoms with Gasteiger partial charge in [-0.1, -0.05) is 0 Å². The van der Waals surface area contributed by atoms with Gasteiger partial charge in [0.25, 0.3) is 5.91 Å². The van der Waals surface area contributed by atoms with E-state index in [2.05, 4.69) is 15.9 Å². The number of aryl methyl sites for hydroxylation is 1. The van der Waals surface area contributed by atoms with Crippen molar-refractivity contribution in [1.29, 1.82) is 0 Å². The van der Waals surface area contributed by atoms with Gasteiger partial charge >= 0.3 is 0 Å². The third kappa shape index (κ3) is 1.79. The fraction of sp³-hybridized carbons (Fsp3) is 0.167. The first-order chi connectivity index (χ1) is 5.15. The summed E-state index contributed by atoms with van der Waals surface area (Å²) in [6, 6.07) is 1.71. The number of nitrogens with one attached hydrogen (secondary N) is 1. The average Bonchev–Trinajstić information content (AvgIpc) is 2.28. The van der Waals surface area contributed by atoms with Gasteiger partial charge in [-0.05, 0) is 28.9 Å². The summed E-state index contributed by atoms with van der Waals surface area (Å²) >= 11 is 4.66. The van der Waals surface area contributed by atoms with Gasteiger partial charge in [0.2, 0.25) is 0 Å². The van der Waals surface area contributed by atoms with Crippen LogP contribution in [0.1, 0.15) is 15.2 Å². The fourth-order valence-electron chi connectivity index (χ4n) is 0.701. The monoisotopic (exact) mass is 235 g/mol. The maximum atomic E-state index is 10.9. The van der Waals surface area contributed by atoms with Gasteiger partial charge in [-0.15, -0.1) is 11.3 Å². The number of rotatable bonds is 1. The summed E-state index contributed by atoms with van der Waals surface area (Å²) in [5, 5.41) is 8.31. The number of halogens is 1.